The lowest BCUT2D eigenvalue weighted by Crippen LogP contribution is -2.25. The monoisotopic (exact) mass is 415 g/mol. The molecule has 0 radical (unpaired) electrons. The van der Waals surface area contributed by atoms with E-state index in [9.17, 15) is 9.36 Å². The molecular weight excluding hydrogens is 401 g/mol. The highest BCUT2D eigenvalue weighted by molar-refractivity contribution is 7.75. The fourth-order valence-electron chi connectivity index (χ4n) is 3.15. The molecule has 7 nitrogen and oxygen atoms in total. The molecule has 0 aliphatic rings. The Bertz CT molecular complexity index is 1230. The number of amides is 1. The minimum Gasteiger partial charge on any atom is -0.445 e. The van der Waals surface area contributed by atoms with Gasteiger partial charge in [-0.1, -0.05) is 17.7 Å². The van der Waals surface area contributed by atoms with Gasteiger partial charge >= 0.3 is 0 Å². The van der Waals surface area contributed by atoms with Gasteiger partial charge in [0.1, 0.15) is 12.0 Å². The van der Waals surface area contributed by atoms with Gasteiger partial charge < -0.3 is 19.7 Å². The number of benzene rings is 2. The van der Waals surface area contributed by atoms with Crippen LogP contribution in [0, 0.1) is 0 Å². The second-order valence-corrected chi connectivity index (χ2v) is 8.89. The molecule has 3 N–H and O–H groups in total. The van der Waals surface area contributed by atoms with E-state index < -0.39 is 13.3 Å². The molecule has 2 heterocycles. The Morgan fingerprint density at radius 2 is 2.11 bits per heavy atom. The van der Waals surface area contributed by atoms with E-state index in [2.05, 4.69) is 9.97 Å². The zero-order chi connectivity index (χ0) is 19.9. The maximum absolute atomic E-state index is 14.1. The number of nitrogens with zero attached hydrogens (tertiary/aromatic N) is 1. The average Bonchev–Trinajstić information content (AvgIpc) is 3.35. The van der Waals surface area contributed by atoms with Crippen molar-refractivity contribution in [2.24, 2.45) is 5.73 Å². The minimum atomic E-state index is -3.70. The van der Waals surface area contributed by atoms with Crippen LogP contribution in [-0.4, -0.2) is 23.0 Å². The van der Waals surface area contributed by atoms with Crippen molar-refractivity contribution in [2.75, 3.05) is 7.11 Å². The first-order valence-electron chi connectivity index (χ1n) is 8.22. The largest absolute Gasteiger partial charge is 0.445 e. The summed E-state index contributed by atoms with van der Waals surface area (Å²) in [7, 11) is -2.38. The SMILES string of the molecule is COP(=O)(c1cccc(-c2ncco2)c1)c1c(C(N)=O)[nH]c2ccc(Cl)cc12. The van der Waals surface area contributed by atoms with Crippen molar-refractivity contribution in [1.82, 2.24) is 9.97 Å². The average molecular weight is 416 g/mol. The summed E-state index contributed by atoms with van der Waals surface area (Å²) in [5, 5.41) is 1.49. The van der Waals surface area contributed by atoms with Gasteiger partial charge in [-0.15, -0.1) is 0 Å². The highest BCUT2D eigenvalue weighted by Gasteiger charge is 2.35. The van der Waals surface area contributed by atoms with Crippen LogP contribution in [-0.2, 0) is 9.09 Å². The number of H-pyrrole nitrogens is 1. The normalized spacial score (nSPS) is 13.5. The lowest BCUT2D eigenvalue weighted by atomic mass is 10.2. The number of nitrogens with one attached hydrogen (secondary N) is 1. The van der Waals surface area contributed by atoms with Crippen molar-refractivity contribution in [1.29, 1.82) is 0 Å². The first kappa shape index (κ1) is 18.5. The first-order valence-corrected chi connectivity index (χ1v) is 10.2. The molecule has 9 heteroatoms. The van der Waals surface area contributed by atoms with Crippen molar-refractivity contribution in [3.05, 3.63) is 65.6 Å². The molecule has 1 amide bonds. The van der Waals surface area contributed by atoms with Gasteiger partial charge in [0, 0.05) is 33.9 Å². The third-order valence-electron chi connectivity index (χ3n) is 4.40. The fourth-order valence-corrected chi connectivity index (χ4v) is 5.53. The number of primary amides is 1. The van der Waals surface area contributed by atoms with E-state index in [0.29, 0.717) is 32.7 Å². The number of fused-ring (bicyclic) bond motifs is 1. The number of halogens is 1. The number of aromatic amines is 1. The van der Waals surface area contributed by atoms with Crippen LogP contribution < -0.4 is 16.3 Å². The van der Waals surface area contributed by atoms with Gasteiger partial charge in [0.2, 0.25) is 5.89 Å². The molecule has 2 aromatic carbocycles. The third kappa shape index (κ3) is 2.94. The molecule has 0 saturated heterocycles. The van der Waals surface area contributed by atoms with E-state index in [0.717, 1.165) is 0 Å². The van der Waals surface area contributed by atoms with Gasteiger partial charge in [-0.3, -0.25) is 9.36 Å². The van der Waals surface area contributed by atoms with Gasteiger partial charge in [0.25, 0.3) is 13.3 Å². The maximum Gasteiger partial charge on any atom is 0.266 e. The molecular formula is C19H15ClN3O4P. The molecule has 0 aliphatic heterocycles. The third-order valence-corrected chi connectivity index (χ3v) is 7.16. The van der Waals surface area contributed by atoms with Crippen LogP contribution in [0.4, 0.5) is 0 Å². The van der Waals surface area contributed by atoms with Crippen LogP contribution in [0.3, 0.4) is 0 Å². The smallest absolute Gasteiger partial charge is 0.266 e. The summed E-state index contributed by atoms with van der Waals surface area (Å²) in [6, 6.07) is 11.8. The van der Waals surface area contributed by atoms with Crippen LogP contribution in [0.1, 0.15) is 10.5 Å². The Hall–Kier alpha value is -2.86. The van der Waals surface area contributed by atoms with Gasteiger partial charge in [-0.2, -0.15) is 0 Å². The van der Waals surface area contributed by atoms with Crippen molar-refractivity contribution < 1.29 is 18.3 Å². The molecule has 2 aromatic heterocycles. The van der Waals surface area contributed by atoms with Crippen LogP contribution in [0.15, 0.2) is 59.3 Å². The molecule has 0 spiro atoms. The molecule has 0 fully saturated rings. The predicted molar refractivity (Wildman–Crippen MR) is 108 cm³/mol. The molecule has 4 aromatic rings. The lowest BCUT2D eigenvalue weighted by Gasteiger charge is -2.18. The summed E-state index contributed by atoms with van der Waals surface area (Å²) >= 11 is 6.13. The topological polar surface area (TPSA) is 111 Å². The summed E-state index contributed by atoms with van der Waals surface area (Å²) in [5.41, 5.74) is 6.77. The van der Waals surface area contributed by atoms with Gasteiger partial charge in [0.05, 0.1) is 11.5 Å². The van der Waals surface area contributed by atoms with Gasteiger partial charge in [-0.25, -0.2) is 4.98 Å². The molecule has 1 atom stereocenters. The Morgan fingerprint density at radius 1 is 1.29 bits per heavy atom. The summed E-state index contributed by atoms with van der Waals surface area (Å²) in [5.74, 6) is -0.370. The fraction of sp³-hybridized carbons (Fsp3) is 0.0526. The number of carbonyl (C=O) groups is 1. The Morgan fingerprint density at radius 3 is 2.79 bits per heavy atom. The second-order valence-electron chi connectivity index (χ2n) is 6.02. The summed E-state index contributed by atoms with van der Waals surface area (Å²) in [6.07, 6.45) is 2.97. The molecule has 4 rings (SSSR count). The molecule has 142 valence electrons. The van der Waals surface area contributed by atoms with E-state index >= 15 is 0 Å². The lowest BCUT2D eigenvalue weighted by molar-refractivity contribution is 0.0997. The minimum absolute atomic E-state index is 0.0176. The van der Waals surface area contributed by atoms with Crippen molar-refractivity contribution in [2.45, 2.75) is 0 Å². The summed E-state index contributed by atoms with van der Waals surface area (Å²) < 4.78 is 24.9. The van der Waals surface area contributed by atoms with E-state index in [-0.39, 0.29) is 11.0 Å². The van der Waals surface area contributed by atoms with E-state index in [1.165, 1.54) is 19.6 Å². The Kier molecular flexibility index (Phi) is 4.59. The number of hydrogen-bond donors (Lipinski definition) is 2. The highest BCUT2D eigenvalue weighted by Crippen LogP contribution is 2.47. The number of nitrogens with two attached hydrogens (primary N) is 1. The number of hydrogen-bond acceptors (Lipinski definition) is 5. The van der Waals surface area contributed by atoms with Gasteiger partial charge in [0.15, 0.2) is 0 Å². The highest BCUT2D eigenvalue weighted by atomic mass is 35.5. The van der Waals surface area contributed by atoms with Crippen LogP contribution in [0.25, 0.3) is 22.4 Å². The van der Waals surface area contributed by atoms with Crippen LogP contribution >= 0.6 is 19.0 Å². The van der Waals surface area contributed by atoms with Crippen molar-refractivity contribution >= 4 is 46.4 Å². The van der Waals surface area contributed by atoms with Crippen LogP contribution in [0.5, 0.6) is 0 Å². The molecule has 1 unspecified atom stereocenters. The van der Waals surface area contributed by atoms with Crippen molar-refractivity contribution in [3.8, 4) is 11.5 Å². The quantitative estimate of drug-likeness (QED) is 0.485. The van der Waals surface area contributed by atoms with E-state index in [1.807, 2.05) is 0 Å². The van der Waals surface area contributed by atoms with E-state index in [1.54, 1.807) is 42.5 Å². The Balaban J connectivity index is 2.00. The summed E-state index contributed by atoms with van der Waals surface area (Å²) in [4.78, 5) is 19.1. The number of aromatic nitrogens is 2. The zero-order valence-corrected chi connectivity index (χ0v) is 16.3. The number of rotatable bonds is 5. The molecule has 0 bridgehead atoms. The van der Waals surface area contributed by atoms with E-state index in [4.69, 9.17) is 26.3 Å². The maximum atomic E-state index is 14.1. The standard InChI is InChI=1S/C19H15ClN3O4P/c1-26-28(25,13-4-2-3-11(9-13)19-22-7-8-27-19)17-14-10-12(20)5-6-15(14)23-16(17)18(21)24/h2-10,23H,1H3,(H2,21,24). The molecule has 0 saturated carbocycles. The second kappa shape index (κ2) is 6.95. The van der Waals surface area contributed by atoms with Crippen molar-refractivity contribution in [3.63, 3.8) is 0 Å². The molecule has 28 heavy (non-hydrogen) atoms. The predicted octanol–water partition coefficient (Wildman–Crippen LogP) is 3.45. The van der Waals surface area contributed by atoms with Crippen LogP contribution in [0.2, 0.25) is 5.02 Å². The summed E-state index contributed by atoms with van der Waals surface area (Å²) in [6.45, 7) is 0. The number of carbonyl (C=O) groups excluding carboxylic acids is 1. The Labute approximate surface area is 164 Å². The number of oxazole rings is 1. The molecule has 0 aliphatic carbocycles. The van der Waals surface area contributed by atoms with Gasteiger partial charge in [-0.05, 0) is 36.4 Å². The zero-order valence-electron chi connectivity index (χ0n) is 14.7. The first-order chi connectivity index (χ1) is 13.4.